The highest BCUT2D eigenvalue weighted by atomic mass is 32.2. The Bertz CT molecular complexity index is 512. The summed E-state index contributed by atoms with van der Waals surface area (Å²) in [4.78, 5) is 0. The quantitative estimate of drug-likeness (QED) is 0.803. The number of hydrogen-bond acceptors (Lipinski definition) is 3. The summed E-state index contributed by atoms with van der Waals surface area (Å²) in [5.41, 5.74) is 0.512. The summed E-state index contributed by atoms with van der Waals surface area (Å²) >= 11 is 0. The molecule has 1 atom stereocenters. The topological polar surface area (TPSA) is 46.2 Å². The fraction of sp³-hybridized carbons (Fsp3) is 0.571. The highest BCUT2D eigenvalue weighted by molar-refractivity contribution is 7.91. The van der Waals surface area contributed by atoms with Gasteiger partial charge in [-0.1, -0.05) is 13.8 Å². The minimum atomic E-state index is -3.00. The van der Waals surface area contributed by atoms with Crippen LogP contribution in [0.2, 0.25) is 0 Å². The molecule has 0 fully saturated rings. The Morgan fingerprint density at radius 2 is 1.75 bits per heavy atom. The number of sulfone groups is 1. The van der Waals surface area contributed by atoms with E-state index in [1.54, 1.807) is 6.92 Å². The van der Waals surface area contributed by atoms with Crippen molar-refractivity contribution in [3.05, 3.63) is 35.4 Å². The van der Waals surface area contributed by atoms with Crippen molar-refractivity contribution in [2.24, 2.45) is 0 Å². The number of benzene rings is 1. The molecule has 1 rings (SSSR count). The third kappa shape index (κ3) is 5.54. The van der Waals surface area contributed by atoms with E-state index in [0.29, 0.717) is 24.9 Å². The fourth-order valence-corrected chi connectivity index (χ4v) is 2.96. The molecule has 114 valence electrons. The van der Waals surface area contributed by atoms with Crippen LogP contribution >= 0.6 is 0 Å². The van der Waals surface area contributed by atoms with Crippen molar-refractivity contribution in [3.8, 4) is 0 Å². The Labute approximate surface area is 119 Å². The number of halogens is 2. The Morgan fingerprint density at radius 3 is 2.25 bits per heavy atom. The van der Waals surface area contributed by atoms with Gasteiger partial charge in [-0.3, -0.25) is 0 Å². The van der Waals surface area contributed by atoms with Gasteiger partial charge >= 0.3 is 0 Å². The minimum absolute atomic E-state index is 0.100. The van der Waals surface area contributed by atoms with Gasteiger partial charge in [0.15, 0.2) is 0 Å². The van der Waals surface area contributed by atoms with E-state index >= 15 is 0 Å². The second kappa shape index (κ2) is 7.69. The third-order valence-electron chi connectivity index (χ3n) is 3.13. The van der Waals surface area contributed by atoms with Gasteiger partial charge in [-0.2, -0.15) is 0 Å². The van der Waals surface area contributed by atoms with E-state index < -0.39 is 21.5 Å². The van der Waals surface area contributed by atoms with Crippen LogP contribution in [0, 0.1) is 11.6 Å². The van der Waals surface area contributed by atoms with Crippen molar-refractivity contribution in [1.82, 2.24) is 5.32 Å². The van der Waals surface area contributed by atoms with Crippen molar-refractivity contribution in [3.63, 3.8) is 0 Å². The van der Waals surface area contributed by atoms with Crippen LogP contribution in [0.5, 0.6) is 0 Å². The van der Waals surface area contributed by atoms with Crippen LogP contribution in [0.4, 0.5) is 8.78 Å². The van der Waals surface area contributed by atoms with E-state index in [-0.39, 0.29) is 17.5 Å². The molecule has 20 heavy (non-hydrogen) atoms. The Kier molecular flexibility index (Phi) is 6.55. The van der Waals surface area contributed by atoms with Gasteiger partial charge in [0, 0.05) is 17.9 Å². The second-order valence-electron chi connectivity index (χ2n) is 4.69. The molecule has 0 aliphatic heterocycles. The summed E-state index contributed by atoms with van der Waals surface area (Å²) in [6.45, 7) is 4.15. The molecule has 0 aromatic heterocycles. The first kappa shape index (κ1) is 17.0. The number of nitrogens with one attached hydrogen (secondary N) is 1. The van der Waals surface area contributed by atoms with Gasteiger partial charge < -0.3 is 5.32 Å². The molecule has 0 saturated heterocycles. The molecule has 0 bridgehead atoms. The monoisotopic (exact) mass is 305 g/mol. The van der Waals surface area contributed by atoms with Crippen LogP contribution in [0.25, 0.3) is 0 Å². The normalized spacial score (nSPS) is 13.4. The largest absolute Gasteiger partial charge is 0.310 e. The van der Waals surface area contributed by atoms with Crippen LogP contribution in [0.1, 0.15) is 38.3 Å². The zero-order valence-electron chi connectivity index (χ0n) is 11.8. The molecule has 1 unspecified atom stereocenters. The van der Waals surface area contributed by atoms with Crippen LogP contribution < -0.4 is 5.32 Å². The van der Waals surface area contributed by atoms with Crippen LogP contribution in [0.15, 0.2) is 18.2 Å². The van der Waals surface area contributed by atoms with Crippen molar-refractivity contribution < 1.29 is 17.2 Å². The van der Waals surface area contributed by atoms with Gasteiger partial charge in [0.1, 0.15) is 21.5 Å². The van der Waals surface area contributed by atoms with Gasteiger partial charge in [0.25, 0.3) is 0 Å². The Morgan fingerprint density at radius 1 is 1.15 bits per heavy atom. The SMILES string of the molecule is CCNC(CCCS(=O)(=O)CC)c1cc(F)cc(F)c1. The third-order valence-corrected chi connectivity index (χ3v) is 4.92. The van der Waals surface area contributed by atoms with Gasteiger partial charge in [-0.15, -0.1) is 0 Å². The smallest absolute Gasteiger partial charge is 0.150 e. The van der Waals surface area contributed by atoms with Crippen molar-refractivity contribution in [2.75, 3.05) is 18.1 Å². The first-order valence-electron chi connectivity index (χ1n) is 6.77. The molecule has 1 aromatic rings. The number of hydrogen-bond donors (Lipinski definition) is 1. The number of rotatable bonds is 8. The molecule has 0 amide bonds. The van der Waals surface area contributed by atoms with E-state index in [0.717, 1.165) is 6.07 Å². The summed E-state index contributed by atoms with van der Waals surface area (Å²) in [6.07, 6.45) is 0.988. The summed E-state index contributed by atoms with van der Waals surface area (Å²) in [5.74, 6) is -1.02. The van der Waals surface area contributed by atoms with Gasteiger partial charge in [-0.05, 0) is 37.1 Å². The molecule has 3 nitrogen and oxygen atoms in total. The maximum absolute atomic E-state index is 13.2. The molecule has 0 aliphatic carbocycles. The van der Waals surface area contributed by atoms with Gasteiger partial charge in [0.05, 0.1) is 5.75 Å². The van der Waals surface area contributed by atoms with Crippen LogP contribution in [-0.2, 0) is 9.84 Å². The maximum atomic E-state index is 13.2. The standard InChI is InChI=1S/C14H21F2NO2S/c1-3-17-14(6-5-7-20(18,19)4-2)11-8-12(15)10-13(16)9-11/h8-10,14,17H,3-7H2,1-2H3. The molecular formula is C14H21F2NO2S. The van der Waals surface area contributed by atoms with E-state index in [4.69, 9.17) is 0 Å². The van der Waals surface area contributed by atoms with E-state index in [9.17, 15) is 17.2 Å². The van der Waals surface area contributed by atoms with Crippen molar-refractivity contribution >= 4 is 9.84 Å². The molecule has 0 heterocycles. The lowest BCUT2D eigenvalue weighted by molar-refractivity contribution is 0.496. The Hall–Kier alpha value is -1.01. The first-order chi connectivity index (χ1) is 9.38. The average Bonchev–Trinajstić information content (AvgIpc) is 2.36. The molecule has 0 aliphatic rings. The first-order valence-corrected chi connectivity index (χ1v) is 8.60. The lowest BCUT2D eigenvalue weighted by Gasteiger charge is -2.18. The van der Waals surface area contributed by atoms with E-state index in [1.165, 1.54) is 12.1 Å². The Balaban J connectivity index is 2.73. The maximum Gasteiger partial charge on any atom is 0.150 e. The van der Waals surface area contributed by atoms with Gasteiger partial charge in [0.2, 0.25) is 0 Å². The van der Waals surface area contributed by atoms with Gasteiger partial charge in [-0.25, -0.2) is 17.2 Å². The van der Waals surface area contributed by atoms with Crippen LogP contribution in [-0.4, -0.2) is 26.5 Å². The summed E-state index contributed by atoms with van der Waals surface area (Å²) in [7, 11) is -3.00. The zero-order chi connectivity index (χ0) is 15.2. The molecule has 1 aromatic carbocycles. The molecule has 1 N–H and O–H groups in total. The lowest BCUT2D eigenvalue weighted by atomic mass is 10.0. The van der Waals surface area contributed by atoms with E-state index in [1.807, 2.05) is 6.92 Å². The highest BCUT2D eigenvalue weighted by Gasteiger charge is 2.14. The predicted octanol–water partition coefficient (Wildman–Crippen LogP) is 2.83. The van der Waals surface area contributed by atoms with Crippen molar-refractivity contribution in [2.45, 2.75) is 32.7 Å². The summed E-state index contributed by atoms with van der Waals surface area (Å²) in [6, 6.07) is 3.15. The minimum Gasteiger partial charge on any atom is -0.310 e. The van der Waals surface area contributed by atoms with Crippen LogP contribution in [0.3, 0.4) is 0 Å². The highest BCUT2D eigenvalue weighted by Crippen LogP contribution is 2.21. The van der Waals surface area contributed by atoms with Crippen molar-refractivity contribution in [1.29, 1.82) is 0 Å². The average molecular weight is 305 g/mol. The fourth-order valence-electron chi connectivity index (χ4n) is 2.06. The van der Waals surface area contributed by atoms with E-state index in [2.05, 4.69) is 5.32 Å². The molecule has 0 radical (unpaired) electrons. The molecule has 0 spiro atoms. The zero-order valence-corrected chi connectivity index (χ0v) is 12.6. The second-order valence-corrected chi connectivity index (χ2v) is 7.16. The predicted molar refractivity (Wildman–Crippen MR) is 76.3 cm³/mol. The lowest BCUT2D eigenvalue weighted by Crippen LogP contribution is -2.22. The molecule has 0 saturated carbocycles. The molecular weight excluding hydrogens is 284 g/mol. The summed E-state index contributed by atoms with van der Waals surface area (Å²) in [5, 5.41) is 3.13. The molecule has 6 heteroatoms. The summed E-state index contributed by atoms with van der Waals surface area (Å²) < 4.78 is 49.3.